The van der Waals surface area contributed by atoms with Crippen molar-refractivity contribution in [2.45, 2.75) is 13.0 Å². The van der Waals surface area contributed by atoms with E-state index in [9.17, 15) is 4.79 Å². The van der Waals surface area contributed by atoms with Crippen LogP contribution in [0.1, 0.15) is 12.5 Å². The van der Waals surface area contributed by atoms with Crippen LogP contribution in [0.2, 0.25) is 0 Å². The molecule has 0 saturated carbocycles. The van der Waals surface area contributed by atoms with E-state index < -0.39 is 12.1 Å². The largest absolute Gasteiger partial charge is 0.449 e. The van der Waals surface area contributed by atoms with E-state index >= 15 is 0 Å². The van der Waals surface area contributed by atoms with E-state index in [0.29, 0.717) is 12.3 Å². The van der Waals surface area contributed by atoms with Gasteiger partial charge in [0.25, 0.3) is 0 Å². The summed E-state index contributed by atoms with van der Waals surface area (Å²) in [5, 5.41) is 9.05. The van der Waals surface area contributed by atoms with Gasteiger partial charge in [0, 0.05) is 0 Å². The maximum absolute atomic E-state index is 11.8. The topological polar surface area (TPSA) is 53.3 Å². The molecule has 1 aromatic carbocycles. The molecule has 1 heterocycles. The number of fused-ring (bicyclic) bond motifs is 1. The normalized spacial score (nSPS) is 17.2. The monoisotopic (exact) mass is 228 g/mol. The number of hydrogen-bond acceptors (Lipinski definition) is 3. The van der Waals surface area contributed by atoms with Crippen molar-refractivity contribution in [2.24, 2.45) is 0 Å². The molecular formula is C13H12N2O2. The Bertz CT molecular complexity index is 502. The molecule has 0 aromatic heterocycles. The number of nitriles is 1. The molecule has 4 nitrogen and oxygen atoms in total. The van der Waals surface area contributed by atoms with Gasteiger partial charge in [-0.3, -0.25) is 4.90 Å². The summed E-state index contributed by atoms with van der Waals surface area (Å²) in [5.74, 6) is 0. The Labute approximate surface area is 99.7 Å². The first-order valence-electron chi connectivity index (χ1n) is 5.40. The zero-order chi connectivity index (χ0) is 12.3. The Balaban J connectivity index is 2.43. The van der Waals surface area contributed by atoms with Crippen molar-refractivity contribution in [1.82, 2.24) is 0 Å². The van der Waals surface area contributed by atoms with Gasteiger partial charge < -0.3 is 4.74 Å². The van der Waals surface area contributed by atoms with Crippen LogP contribution >= 0.6 is 0 Å². The van der Waals surface area contributed by atoms with Crippen molar-refractivity contribution in [3.63, 3.8) is 0 Å². The number of anilines is 1. The first-order valence-corrected chi connectivity index (χ1v) is 5.40. The Morgan fingerprint density at radius 2 is 2.29 bits per heavy atom. The maximum atomic E-state index is 11.8. The van der Waals surface area contributed by atoms with Crippen LogP contribution in [0.4, 0.5) is 10.5 Å². The van der Waals surface area contributed by atoms with Crippen LogP contribution in [0.25, 0.3) is 6.08 Å². The van der Waals surface area contributed by atoms with Gasteiger partial charge in [0.1, 0.15) is 6.04 Å². The summed E-state index contributed by atoms with van der Waals surface area (Å²) in [6, 6.07) is 8.89. The van der Waals surface area contributed by atoms with Crippen LogP contribution in [0, 0.1) is 11.3 Å². The van der Waals surface area contributed by atoms with Crippen molar-refractivity contribution < 1.29 is 9.53 Å². The minimum Gasteiger partial charge on any atom is -0.449 e. The third kappa shape index (κ3) is 2.00. The standard InChI is InChI=1S/C13H12N2O2/c1-2-17-13(16)15-11(9-14)8-7-10-5-3-4-6-12(10)15/h3-8,11H,2H2,1H3. The van der Waals surface area contributed by atoms with Crippen molar-refractivity contribution in [3.05, 3.63) is 35.9 Å². The SMILES string of the molecule is CCOC(=O)N1c2ccccc2C=CC1C#N. The third-order valence-electron chi connectivity index (χ3n) is 2.53. The van der Waals surface area contributed by atoms with Gasteiger partial charge in [-0.25, -0.2) is 4.79 Å². The summed E-state index contributed by atoms with van der Waals surface area (Å²) in [7, 11) is 0. The highest BCUT2D eigenvalue weighted by Gasteiger charge is 2.28. The first-order chi connectivity index (χ1) is 8.27. The maximum Gasteiger partial charge on any atom is 0.415 e. The first kappa shape index (κ1) is 11.2. The van der Waals surface area contributed by atoms with Gasteiger partial charge in [-0.05, 0) is 24.6 Å². The molecule has 0 bridgehead atoms. The van der Waals surface area contributed by atoms with Gasteiger partial charge in [-0.2, -0.15) is 5.26 Å². The van der Waals surface area contributed by atoms with E-state index in [1.165, 1.54) is 4.90 Å². The van der Waals surface area contributed by atoms with Crippen LogP contribution in [0.15, 0.2) is 30.3 Å². The third-order valence-corrected chi connectivity index (χ3v) is 2.53. The quantitative estimate of drug-likeness (QED) is 0.742. The van der Waals surface area contributed by atoms with E-state index in [0.717, 1.165) is 5.56 Å². The Morgan fingerprint density at radius 1 is 1.53 bits per heavy atom. The van der Waals surface area contributed by atoms with Crippen molar-refractivity contribution >= 4 is 17.9 Å². The van der Waals surface area contributed by atoms with Gasteiger partial charge in [0.05, 0.1) is 18.4 Å². The zero-order valence-corrected chi connectivity index (χ0v) is 9.46. The van der Waals surface area contributed by atoms with E-state index in [4.69, 9.17) is 10.00 Å². The van der Waals surface area contributed by atoms with E-state index in [1.807, 2.05) is 24.3 Å². The summed E-state index contributed by atoms with van der Waals surface area (Å²) in [5.41, 5.74) is 1.62. The predicted octanol–water partition coefficient (Wildman–Crippen LogP) is 2.57. The second-order valence-corrected chi connectivity index (χ2v) is 3.56. The molecule has 1 atom stereocenters. The number of para-hydroxylation sites is 1. The Kier molecular flexibility index (Phi) is 3.10. The van der Waals surface area contributed by atoms with E-state index in [2.05, 4.69) is 6.07 Å². The molecule has 0 aliphatic carbocycles. The number of amides is 1. The number of ether oxygens (including phenoxy) is 1. The fourth-order valence-corrected chi connectivity index (χ4v) is 1.78. The summed E-state index contributed by atoms with van der Waals surface area (Å²) >= 11 is 0. The molecule has 1 unspecified atom stereocenters. The van der Waals surface area contributed by atoms with Crippen molar-refractivity contribution in [2.75, 3.05) is 11.5 Å². The number of hydrogen-bond donors (Lipinski definition) is 0. The predicted molar refractivity (Wildman–Crippen MR) is 64.4 cm³/mol. The molecule has 0 saturated heterocycles. The lowest BCUT2D eigenvalue weighted by Gasteiger charge is -2.28. The highest BCUT2D eigenvalue weighted by molar-refractivity contribution is 5.94. The molecule has 1 aliphatic heterocycles. The van der Waals surface area contributed by atoms with Crippen LogP contribution in [0.3, 0.4) is 0 Å². The molecule has 1 aromatic rings. The highest BCUT2D eigenvalue weighted by atomic mass is 16.6. The fourth-order valence-electron chi connectivity index (χ4n) is 1.78. The number of carbonyl (C=O) groups excluding carboxylic acids is 1. The lowest BCUT2D eigenvalue weighted by Crippen LogP contribution is -2.40. The van der Waals surface area contributed by atoms with Crippen LogP contribution < -0.4 is 4.90 Å². The second kappa shape index (κ2) is 4.71. The number of carbonyl (C=O) groups is 1. The van der Waals surface area contributed by atoms with Gasteiger partial charge in [0.15, 0.2) is 0 Å². The number of nitrogens with zero attached hydrogens (tertiary/aromatic N) is 2. The Morgan fingerprint density at radius 3 is 3.00 bits per heavy atom. The van der Waals surface area contributed by atoms with Gasteiger partial charge >= 0.3 is 6.09 Å². The molecule has 1 amide bonds. The van der Waals surface area contributed by atoms with Gasteiger partial charge in [0.2, 0.25) is 0 Å². The molecule has 0 spiro atoms. The molecule has 0 N–H and O–H groups in total. The fraction of sp³-hybridized carbons (Fsp3) is 0.231. The summed E-state index contributed by atoms with van der Waals surface area (Å²) in [6.07, 6.45) is 3.05. The highest BCUT2D eigenvalue weighted by Crippen LogP contribution is 2.29. The van der Waals surface area contributed by atoms with Crippen molar-refractivity contribution in [1.29, 1.82) is 5.26 Å². The smallest absolute Gasteiger partial charge is 0.415 e. The molecule has 17 heavy (non-hydrogen) atoms. The summed E-state index contributed by atoms with van der Waals surface area (Å²) in [4.78, 5) is 13.2. The molecule has 1 aliphatic rings. The average Bonchev–Trinajstić information content (AvgIpc) is 2.37. The van der Waals surface area contributed by atoms with E-state index in [-0.39, 0.29) is 0 Å². The minimum atomic E-state index is -0.607. The lowest BCUT2D eigenvalue weighted by molar-refractivity contribution is 0.159. The minimum absolute atomic E-state index is 0.291. The van der Waals surface area contributed by atoms with Crippen LogP contribution in [-0.4, -0.2) is 18.7 Å². The van der Waals surface area contributed by atoms with Gasteiger partial charge in [-0.15, -0.1) is 0 Å². The molecule has 4 heteroatoms. The van der Waals surface area contributed by atoms with Gasteiger partial charge in [-0.1, -0.05) is 24.3 Å². The number of benzene rings is 1. The second-order valence-electron chi connectivity index (χ2n) is 3.56. The summed E-state index contributed by atoms with van der Waals surface area (Å²) < 4.78 is 4.97. The van der Waals surface area contributed by atoms with Crippen molar-refractivity contribution in [3.8, 4) is 6.07 Å². The summed E-state index contributed by atoms with van der Waals surface area (Å²) in [6.45, 7) is 2.03. The number of rotatable bonds is 1. The molecule has 0 fully saturated rings. The lowest BCUT2D eigenvalue weighted by atomic mass is 10.0. The average molecular weight is 228 g/mol. The van der Waals surface area contributed by atoms with Crippen LogP contribution in [-0.2, 0) is 4.74 Å². The molecule has 86 valence electrons. The molecule has 0 radical (unpaired) electrons. The molecule has 2 rings (SSSR count). The van der Waals surface area contributed by atoms with Crippen LogP contribution in [0.5, 0.6) is 0 Å². The zero-order valence-electron chi connectivity index (χ0n) is 9.46. The Hall–Kier alpha value is -2.28. The molecular weight excluding hydrogens is 216 g/mol. The van der Waals surface area contributed by atoms with E-state index in [1.54, 1.807) is 19.1 Å².